The van der Waals surface area contributed by atoms with E-state index in [9.17, 15) is 9.18 Å². The van der Waals surface area contributed by atoms with E-state index in [0.29, 0.717) is 29.6 Å². The first-order valence-corrected chi connectivity index (χ1v) is 11.7. The van der Waals surface area contributed by atoms with Crippen molar-refractivity contribution in [1.29, 1.82) is 0 Å². The number of nitrogens with zero attached hydrogens (tertiary/aromatic N) is 2. The molecule has 0 atom stereocenters. The van der Waals surface area contributed by atoms with Crippen LogP contribution in [0.2, 0.25) is 0 Å². The third kappa shape index (κ3) is 5.10. The Hall–Kier alpha value is -3.71. The molecule has 0 N–H and O–H groups in total. The summed E-state index contributed by atoms with van der Waals surface area (Å²) >= 11 is 1.36. The number of rotatable bonds is 8. The average molecular weight is 477 g/mol. The molecular formula is C27H25FN2O3S. The summed E-state index contributed by atoms with van der Waals surface area (Å²) in [6, 6.07) is 19.7. The molecule has 34 heavy (non-hydrogen) atoms. The molecule has 4 rings (SSSR count). The zero-order valence-electron chi connectivity index (χ0n) is 19.2. The van der Waals surface area contributed by atoms with Gasteiger partial charge in [0.2, 0.25) is 0 Å². The van der Waals surface area contributed by atoms with Crippen molar-refractivity contribution in [3.05, 3.63) is 94.6 Å². The highest BCUT2D eigenvalue weighted by Crippen LogP contribution is 2.31. The summed E-state index contributed by atoms with van der Waals surface area (Å²) in [5.41, 5.74) is 3.87. The van der Waals surface area contributed by atoms with Crippen LogP contribution in [-0.2, 0) is 6.42 Å². The fraction of sp³-hybridized carbons (Fsp3) is 0.185. The van der Waals surface area contributed by atoms with Crippen LogP contribution in [0.3, 0.4) is 0 Å². The number of hydrogen-bond donors (Lipinski definition) is 0. The van der Waals surface area contributed by atoms with Gasteiger partial charge in [0.15, 0.2) is 16.6 Å². The van der Waals surface area contributed by atoms with Crippen LogP contribution in [0.4, 0.5) is 9.52 Å². The highest BCUT2D eigenvalue weighted by atomic mass is 32.1. The standard InChI is InChI=1S/C27H25FN2O3S/c1-18-8-11-20(12-9-18)23-17-34-27(29-23)30(26(31)21-6-4-5-7-22(21)28)15-14-19-10-13-24(32-2)25(16-19)33-3/h4-13,16-17H,14-15H2,1-3H3. The maximum atomic E-state index is 14.5. The van der Waals surface area contributed by atoms with Gasteiger partial charge >= 0.3 is 0 Å². The minimum Gasteiger partial charge on any atom is -0.493 e. The van der Waals surface area contributed by atoms with Gasteiger partial charge < -0.3 is 9.47 Å². The van der Waals surface area contributed by atoms with Crippen LogP contribution in [-0.4, -0.2) is 31.7 Å². The van der Waals surface area contributed by atoms with Crippen LogP contribution < -0.4 is 14.4 Å². The zero-order chi connectivity index (χ0) is 24.1. The lowest BCUT2D eigenvalue weighted by Crippen LogP contribution is -2.33. The van der Waals surface area contributed by atoms with Gasteiger partial charge in [-0.05, 0) is 43.2 Å². The normalized spacial score (nSPS) is 10.7. The minimum atomic E-state index is -0.557. The summed E-state index contributed by atoms with van der Waals surface area (Å²) in [7, 11) is 3.16. The third-order valence-electron chi connectivity index (χ3n) is 5.49. The topological polar surface area (TPSA) is 51.7 Å². The predicted molar refractivity (Wildman–Crippen MR) is 134 cm³/mol. The van der Waals surface area contributed by atoms with Crippen molar-refractivity contribution in [3.8, 4) is 22.8 Å². The van der Waals surface area contributed by atoms with Gasteiger partial charge in [0, 0.05) is 17.5 Å². The molecule has 0 aliphatic carbocycles. The van der Waals surface area contributed by atoms with Crippen molar-refractivity contribution in [1.82, 2.24) is 4.98 Å². The maximum Gasteiger partial charge on any atom is 0.263 e. The van der Waals surface area contributed by atoms with Crippen LogP contribution >= 0.6 is 11.3 Å². The summed E-state index contributed by atoms with van der Waals surface area (Å²) in [5.74, 6) is 0.262. The molecule has 0 aliphatic heterocycles. The summed E-state index contributed by atoms with van der Waals surface area (Å²) < 4.78 is 25.2. The average Bonchev–Trinajstić information content (AvgIpc) is 3.34. The van der Waals surface area contributed by atoms with Crippen LogP contribution in [0.5, 0.6) is 11.5 Å². The zero-order valence-corrected chi connectivity index (χ0v) is 20.1. The molecule has 1 aromatic heterocycles. The van der Waals surface area contributed by atoms with Gasteiger partial charge in [0.05, 0.1) is 25.5 Å². The van der Waals surface area contributed by atoms with Crippen molar-refractivity contribution < 1.29 is 18.7 Å². The second-order valence-corrected chi connectivity index (χ2v) is 8.59. The SMILES string of the molecule is COc1ccc(CCN(C(=O)c2ccccc2F)c2nc(-c3ccc(C)cc3)cs2)cc1OC. The Labute approximate surface area is 202 Å². The molecule has 1 amide bonds. The first kappa shape index (κ1) is 23.4. The van der Waals surface area contributed by atoms with Gasteiger partial charge in [0.25, 0.3) is 5.91 Å². The number of thiazole rings is 1. The Morgan fingerprint density at radius 3 is 2.44 bits per heavy atom. The third-order valence-corrected chi connectivity index (χ3v) is 6.36. The molecule has 0 fully saturated rings. The van der Waals surface area contributed by atoms with Gasteiger partial charge in [-0.3, -0.25) is 9.69 Å². The molecule has 0 saturated carbocycles. The molecule has 0 radical (unpaired) electrons. The van der Waals surface area contributed by atoms with Crippen LogP contribution in [0, 0.1) is 12.7 Å². The lowest BCUT2D eigenvalue weighted by atomic mass is 10.1. The Balaban J connectivity index is 1.64. The maximum absolute atomic E-state index is 14.5. The van der Waals surface area contributed by atoms with Crippen LogP contribution in [0.15, 0.2) is 72.1 Å². The number of carbonyl (C=O) groups excluding carboxylic acids is 1. The van der Waals surface area contributed by atoms with Gasteiger partial charge in [0.1, 0.15) is 5.82 Å². The Morgan fingerprint density at radius 2 is 1.74 bits per heavy atom. The number of aromatic nitrogens is 1. The minimum absolute atomic E-state index is 0.0156. The number of aryl methyl sites for hydroxylation is 1. The van der Waals surface area contributed by atoms with E-state index in [1.165, 1.54) is 28.4 Å². The molecule has 1 heterocycles. The molecule has 7 heteroatoms. The first-order valence-electron chi connectivity index (χ1n) is 10.8. The van der Waals surface area contributed by atoms with Gasteiger partial charge in [-0.15, -0.1) is 11.3 Å². The number of hydrogen-bond acceptors (Lipinski definition) is 5. The quantitative estimate of drug-likeness (QED) is 0.305. The number of carbonyl (C=O) groups is 1. The molecule has 4 aromatic rings. The first-order chi connectivity index (χ1) is 16.5. The van der Waals surface area contributed by atoms with Crippen molar-refractivity contribution in [2.45, 2.75) is 13.3 Å². The number of methoxy groups -OCH3 is 2. The highest BCUT2D eigenvalue weighted by molar-refractivity contribution is 7.14. The van der Waals surface area contributed by atoms with Crippen molar-refractivity contribution in [2.24, 2.45) is 0 Å². The molecule has 5 nitrogen and oxygen atoms in total. The number of amides is 1. The predicted octanol–water partition coefficient (Wildman–Crippen LogP) is 6.16. The number of halogens is 1. The van der Waals surface area contributed by atoms with E-state index in [1.807, 2.05) is 54.8 Å². The van der Waals surface area contributed by atoms with E-state index in [1.54, 1.807) is 26.4 Å². The molecule has 0 bridgehead atoms. The number of ether oxygens (including phenoxy) is 2. The van der Waals surface area contributed by atoms with Gasteiger partial charge in [-0.1, -0.05) is 48.0 Å². The van der Waals surface area contributed by atoms with E-state index in [-0.39, 0.29) is 5.56 Å². The van der Waals surface area contributed by atoms with E-state index in [4.69, 9.17) is 14.5 Å². The van der Waals surface area contributed by atoms with Crippen molar-refractivity contribution in [3.63, 3.8) is 0 Å². The van der Waals surface area contributed by atoms with Gasteiger partial charge in [-0.2, -0.15) is 0 Å². The lowest BCUT2D eigenvalue weighted by Gasteiger charge is -2.20. The van der Waals surface area contributed by atoms with Crippen molar-refractivity contribution >= 4 is 22.4 Å². The summed E-state index contributed by atoms with van der Waals surface area (Å²) in [4.78, 5) is 19.7. The monoisotopic (exact) mass is 476 g/mol. The van der Waals surface area contributed by atoms with Crippen molar-refractivity contribution in [2.75, 3.05) is 25.7 Å². The fourth-order valence-corrected chi connectivity index (χ4v) is 4.44. The van der Waals surface area contributed by atoms with E-state index < -0.39 is 11.7 Å². The molecule has 0 spiro atoms. The summed E-state index contributed by atoms with van der Waals surface area (Å²) in [6.45, 7) is 2.35. The molecule has 0 saturated heterocycles. The number of anilines is 1. The second kappa shape index (κ2) is 10.5. The Kier molecular flexibility index (Phi) is 7.23. The number of benzene rings is 3. The van der Waals surface area contributed by atoms with E-state index >= 15 is 0 Å². The highest BCUT2D eigenvalue weighted by Gasteiger charge is 2.23. The molecule has 0 aliphatic rings. The van der Waals surface area contributed by atoms with Crippen LogP contribution in [0.1, 0.15) is 21.5 Å². The Bertz CT molecular complexity index is 1290. The Morgan fingerprint density at radius 1 is 1.00 bits per heavy atom. The second-order valence-electron chi connectivity index (χ2n) is 7.76. The smallest absolute Gasteiger partial charge is 0.263 e. The molecule has 0 unspecified atom stereocenters. The largest absolute Gasteiger partial charge is 0.493 e. The molecule has 174 valence electrons. The lowest BCUT2D eigenvalue weighted by molar-refractivity contribution is 0.0983. The van der Waals surface area contributed by atoms with Gasteiger partial charge in [-0.25, -0.2) is 9.37 Å². The fourth-order valence-electron chi connectivity index (χ4n) is 3.59. The molecular weight excluding hydrogens is 451 g/mol. The van der Waals surface area contributed by atoms with Crippen LogP contribution in [0.25, 0.3) is 11.3 Å². The molecule has 3 aromatic carbocycles. The van der Waals surface area contributed by atoms with E-state index in [2.05, 4.69) is 0 Å². The summed E-state index contributed by atoms with van der Waals surface area (Å²) in [6.07, 6.45) is 0.528. The van der Waals surface area contributed by atoms with E-state index in [0.717, 1.165) is 22.4 Å². The summed E-state index contributed by atoms with van der Waals surface area (Å²) in [5, 5.41) is 2.43.